The van der Waals surface area contributed by atoms with Crippen molar-refractivity contribution in [1.82, 2.24) is 25.0 Å². The number of pyridine rings is 1. The molecule has 0 atom stereocenters. The summed E-state index contributed by atoms with van der Waals surface area (Å²) < 4.78 is 7.11. The van der Waals surface area contributed by atoms with Gasteiger partial charge in [-0.1, -0.05) is 0 Å². The van der Waals surface area contributed by atoms with E-state index in [0.29, 0.717) is 24.7 Å². The fourth-order valence-corrected chi connectivity index (χ4v) is 2.99. The predicted molar refractivity (Wildman–Crippen MR) is 89.3 cm³/mol. The van der Waals surface area contributed by atoms with Crippen molar-refractivity contribution in [1.29, 1.82) is 0 Å². The molecule has 0 aliphatic carbocycles. The van der Waals surface area contributed by atoms with Gasteiger partial charge in [-0.15, -0.1) is 0 Å². The number of fused-ring (bicyclic) bond motifs is 1. The van der Waals surface area contributed by atoms with Gasteiger partial charge in [0.2, 0.25) is 0 Å². The molecule has 126 valence electrons. The number of hydrogen-bond donors (Lipinski definition) is 2. The van der Waals surface area contributed by atoms with Crippen molar-refractivity contribution in [3.05, 3.63) is 30.1 Å². The molecule has 24 heavy (non-hydrogen) atoms. The van der Waals surface area contributed by atoms with E-state index >= 15 is 0 Å². The van der Waals surface area contributed by atoms with Crippen LogP contribution < -0.4 is 4.90 Å². The van der Waals surface area contributed by atoms with Gasteiger partial charge in [0.15, 0.2) is 11.5 Å². The Bertz CT molecular complexity index is 843. The minimum atomic E-state index is -0.998. The summed E-state index contributed by atoms with van der Waals surface area (Å²) in [7, 11) is 0. The van der Waals surface area contributed by atoms with E-state index in [1.807, 2.05) is 12.1 Å². The quantitative estimate of drug-likeness (QED) is 0.751. The average Bonchev–Trinajstić information content (AvgIpc) is 3.22. The minimum absolute atomic E-state index is 0.665. The number of rotatable bonds is 3. The van der Waals surface area contributed by atoms with Crippen molar-refractivity contribution < 1.29 is 9.84 Å². The summed E-state index contributed by atoms with van der Waals surface area (Å²) in [4.78, 5) is 6.96. The summed E-state index contributed by atoms with van der Waals surface area (Å²) in [5, 5.41) is 22.8. The van der Waals surface area contributed by atoms with E-state index in [2.05, 4.69) is 20.2 Å². The number of aromatic amines is 1. The molecule has 0 spiro atoms. The lowest BCUT2D eigenvalue weighted by Crippen LogP contribution is -2.37. The molecule has 4 heterocycles. The van der Waals surface area contributed by atoms with Gasteiger partial charge in [0.25, 0.3) is 0 Å². The molecule has 8 heteroatoms. The molecule has 0 bridgehead atoms. The largest absolute Gasteiger partial charge is 0.386 e. The van der Waals surface area contributed by atoms with E-state index in [1.54, 1.807) is 30.9 Å². The number of nitrogens with zero attached hydrogens (tertiary/aromatic N) is 5. The zero-order valence-corrected chi connectivity index (χ0v) is 13.7. The van der Waals surface area contributed by atoms with Crippen LogP contribution in [0.25, 0.3) is 16.9 Å². The normalized spacial score (nSPS) is 16.0. The van der Waals surface area contributed by atoms with Gasteiger partial charge in [-0.2, -0.15) is 14.9 Å². The Morgan fingerprint density at radius 1 is 1.25 bits per heavy atom. The molecule has 0 unspecified atom stereocenters. The second kappa shape index (κ2) is 5.57. The molecule has 0 amide bonds. The lowest BCUT2D eigenvalue weighted by Gasteiger charge is -2.29. The van der Waals surface area contributed by atoms with Crippen LogP contribution in [-0.4, -0.2) is 56.4 Å². The Morgan fingerprint density at radius 2 is 2.04 bits per heavy atom. The highest BCUT2D eigenvalue weighted by molar-refractivity contribution is 5.83. The highest BCUT2D eigenvalue weighted by Crippen LogP contribution is 2.31. The Labute approximate surface area is 139 Å². The third-order valence-electron chi connectivity index (χ3n) is 4.23. The third kappa shape index (κ3) is 2.53. The number of hydrogen-bond acceptors (Lipinski definition) is 6. The maximum atomic E-state index is 10.6. The zero-order chi connectivity index (χ0) is 16.7. The van der Waals surface area contributed by atoms with Crippen molar-refractivity contribution in [2.75, 3.05) is 31.2 Å². The van der Waals surface area contributed by atoms with Crippen molar-refractivity contribution in [2.45, 2.75) is 19.4 Å². The molecule has 0 radical (unpaired) electrons. The topological polar surface area (TPSA) is 92.1 Å². The first-order valence-corrected chi connectivity index (χ1v) is 7.98. The van der Waals surface area contributed by atoms with Gasteiger partial charge in [0.05, 0.1) is 25.0 Å². The highest BCUT2D eigenvalue weighted by Gasteiger charge is 2.25. The molecule has 1 aliphatic heterocycles. The van der Waals surface area contributed by atoms with Gasteiger partial charge in [-0.3, -0.25) is 5.10 Å². The lowest BCUT2D eigenvalue weighted by molar-refractivity contribution is 0.0801. The second-order valence-electron chi connectivity index (χ2n) is 6.41. The van der Waals surface area contributed by atoms with Crippen LogP contribution in [0.3, 0.4) is 0 Å². The standard InChI is InChI=1S/C16H20N6O2/c1-16(2,23)12-9-14(21-5-7-24-8-6-21)19-15-11(12)10-18-22(15)13-3-4-17-20-13/h3-4,9-10,23H,5-8H2,1-2H3,(H,17,20). The van der Waals surface area contributed by atoms with E-state index in [4.69, 9.17) is 9.72 Å². The summed E-state index contributed by atoms with van der Waals surface area (Å²) in [5.74, 6) is 1.48. The lowest BCUT2D eigenvalue weighted by atomic mass is 9.96. The van der Waals surface area contributed by atoms with E-state index in [-0.39, 0.29) is 0 Å². The van der Waals surface area contributed by atoms with Crippen LogP contribution >= 0.6 is 0 Å². The van der Waals surface area contributed by atoms with Crippen LogP contribution in [0.2, 0.25) is 0 Å². The molecule has 4 rings (SSSR count). The molecular formula is C16H20N6O2. The molecule has 8 nitrogen and oxygen atoms in total. The van der Waals surface area contributed by atoms with Gasteiger partial charge in [0, 0.05) is 30.7 Å². The number of H-pyrrole nitrogens is 1. The molecule has 1 fully saturated rings. The predicted octanol–water partition coefficient (Wildman–Crippen LogP) is 1.21. The van der Waals surface area contributed by atoms with Gasteiger partial charge >= 0.3 is 0 Å². The zero-order valence-electron chi connectivity index (χ0n) is 13.7. The first-order chi connectivity index (χ1) is 11.5. The van der Waals surface area contributed by atoms with Crippen molar-refractivity contribution in [3.8, 4) is 5.82 Å². The number of aromatic nitrogens is 5. The van der Waals surface area contributed by atoms with Crippen LogP contribution in [-0.2, 0) is 10.3 Å². The van der Waals surface area contributed by atoms with Gasteiger partial charge in [-0.05, 0) is 25.5 Å². The monoisotopic (exact) mass is 328 g/mol. The average molecular weight is 328 g/mol. The number of aliphatic hydroxyl groups is 1. The molecule has 1 aliphatic rings. The van der Waals surface area contributed by atoms with Crippen LogP contribution in [0.1, 0.15) is 19.4 Å². The van der Waals surface area contributed by atoms with E-state index in [9.17, 15) is 5.11 Å². The molecule has 0 aromatic carbocycles. The summed E-state index contributed by atoms with van der Waals surface area (Å²) >= 11 is 0. The number of anilines is 1. The molecule has 3 aromatic rings. The van der Waals surface area contributed by atoms with Gasteiger partial charge < -0.3 is 14.7 Å². The van der Waals surface area contributed by atoms with Crippen LogP contribution in [0, 0.1) is 0 Å². The fraction of sp³-hybridized carbons (Fsp3) is 0.438. The van der Waals surface area contributed by atoms with E-state index in [0.717, 1.165) is 29.9 Å². The van der Waals surface area contributed by atoms with E-state index < -0.39 is 5.60 Å². The van der Waals surface area contributed by atoms with Crippen molar-refractivity contribution in [3.63, 3.8) is 0 Å². The molecule has 0 saturated carbocycles. The van der Waals surface area contributed by atoms with Crippen molar-refractivity contribution >= 4 is 16.9 Å². The Morgan fingerprint density at radius 3 is 2.71 bits per heavy atom. The van der Waals surface area contributed by atoms with Gasteiger partial charge in [0.1, 0.15) is 5.82 Å². The summed E-state index contributed by atoms with van der Waals surface area (Å²) in [5.41, 5.74) is 0.487. The fourth-order valence-electron chi connectivity index (χ4n) is 2.99. The first kappa shape index (κ1) is 15.1. The van der Waals surface area contributed by atoms with Crippen LogP contribution in [0.15, 0.2) is 24.5 Å². The highest BCUT2D eigenvalue weighted by atomic mass is 16.5. The van der Waals surface area contributed by atoms with Crippen LogP contribution in [0.4, 0.5) is 5.82 Å². The SMILES string of the molecule is CC(C)(O)c1cc(N2CCOCC2)nc2c1cnn2-c1cc[nH]n1. The van der Waals surface area contributed by atoms with Crippen molar-refractivity contribution in [2.24, 2.45) is 0 Å². The Kier molecular flexibility index (Phi) is 3.50. The minimum Gasteiger partial charge on any atom is -0.386 e. The number of ether oxygens (including phenoxy) is 1. The maximum absolute atomic E-state index is 10.6. The second-order valence-corrected chi connectivity index (χ2v) is 6.41. The molecule has 1 saturated heterocycles. The molecule has 2 N–H and O–H groups in total. The number of nitrogens with one attached hydrogen (secondary N) is 1. The summed E-state index contributed by atoms with van der Waals surface area (Å²) in [6.07, 6.45) is 3.47. The first-order valence-electron chi connectivity index (χ1n) is 7.98. The van der Waals surface area contributed by atoms with E-state index in [1.165, 1.54) is 0 Å². The smallest absolute Gasteiger partial charge is 0.177 e. The van der Waals surface area contributed by atoms with Crippen LogP contribution in [0.5, 0.6) is 0 Å². The molecular weight excluding hydrogens is 308 g/mol. The Balaban J connectivity index is 1.92. The summed E-state index contributed by atoms with van der Waals surface area (Å²) in [6.45, 7) is 6.46. The molecule has 3 aromatic heterocycles. The summed E-state index contributed by atoms with van der Waals surface area (Å²) in [6, 6.07) is 3.78. The van der Waals surface area contributed by atoms with Gasteiger partial charge in [-0.25, -0.2) is 4.98 Å². The third-order valence-corrected chi connectivity index (χ3v) is 4.23. The number of morpholine rings is 1. The Hall–Kier alpha value is -2.45. The maximum Gasteiger partial charge on any atom is 0.177 e.